The first kappa shape index (κ1) is 14.3. The lowest BCUT2D eigenvalue weighted by molar-refractivity contribution is -0.123. The fraction of sp³-hybridized carbons (Fsp3) is 0.900. The fourth-order valence-electron chi connectivity index (χ4n) is 1.22. The molecule has 5 heteroatoms. The Morgan fingerprint density at radius 3 is 2.60 bits per heavy atom. The van der Waals surface area contributed by atoms with Crippen molar-refractivity contribution >= 4 is 5.91 Å². The van der Waals surface area contributed by atoms with Crippen LogP contribution in [0.1, 0.15) is 20.3 Å². The quantitative estimate of drug-likeness (QED) is 0.537. The van der Waals surface area contributed by atoms with Gasteiger partial charge in [0.15, 0.2) is 0 Å². The molecule has 5 nitrogen and oxygen atoms in total. The molecule has 0 rings (SSSR count). The van der Waals surface area contributed by atoms with Gasteiger partial charge in [-0.15, -0.1) is 0 Å². The van der Waals surface area contributed by atoms with Crippen LogP contribution in [-0.4, -0.2) is 43.4 Å². The normalized spacial score (nSPS) is 15.1. The summed E-state index contributed by atoms with van der Waals surface area (Å²) < 4.78 is 4.73. The average molecular weight is 218 g/mol. The molecule has 2 atom stereocenters. The summed E-state index contributed by atoms with van der Waals surface area (Å²) in [6.07, 6.45) is -0.0307. The summed E-state index contributed by atoms with van der Waals surface area (Å²) in [4.78, 5) is 11.4. The molecule has 0 bridgehead atoms. The van der Waals surface area contributed by atoms with Gasteiger partial charge in [-0.3, -0.25) is 4.79 Å². The van der Waals surface area contributed by atoms with Crippen LogP contribution in [0, 0.1) is 5.92 Å². The summed E-state index contributed by atoms with van der Waals surface area (Å²) in [5.74, 6) is 0.161. The van der Waals surface area contributed by atoms with E-state index in [1.54, 1.807) is 0 Å². The van der Waals surface area contributed by atoms with Crippen LogP contribution >= 0.6 is 0 Å². The van der Waals surface area contributed by atoms with Crippen molar-refractivity contribution < 1.29 is 14.6 Å². The van der Waals surface area contributed by atoms with Crippen molar-refractivity contribution in [1.82, 2.24) is 5.32 Å². The summed E-state index contributed by atoms with van der Waals surface area (Å²) in [5.41, 5.74) is 5.65. The van der Waals surface area contributed by atoms with Gasteiger partial charge in [0, 0.05) is 13.7 Å². The second kappa shape index (κ2) is 7.62. The maximum atomic E-state index is 11.4. The third-order valence-corrected chi connectivity index (χ3v) is 1.93. The Morgan fingerprint density at radius 1 is 1.53 bits per heavy atom. The van der Waals surface area contributed by atoms with Gasteiger partial charge in [-0.2, -0.15) is 0 Å². The van der Waals surface area contributed by atoms with E-state index in [1.165, 1.54) is 7.11 Å². The van der Waals surface area contributed by atoms with E-state index >= 15 is 0 Å². The predicted molar refractivity (Wildman–Crippen MR) is 58.3 cm³/mol. The zero-order valence-corrected chi connectivity index (χ0v) is 9.69. The van der Waals surface area contributed by atoms with Gasteiger partial charge in [0.1, 0.15) is 0 Å². The van der Waals surface area contributed by atoms with Crippen molar-refractivity contribution in [3.8, 4) is 0 Å². The molecule has 0 spiro atoms. The maximum absolute atomic E-state index is 11.4. The second-order valence-corrected chi connectivity index (χ2v) is 4.09. The third kappa shape index (κ3) is 7.30. The highest BCUT2D eigenvalue weighted by Crippen LogP contribution is 2.02. The van der Waals surface area contributed by atoms with E-state index in [0.717, 1.165) is 0 Å². The number of methoxy groups -OCH3 is 1. The number of aliphatic hydroxyl groups excluding tert-OH is 1. The van der Waals surface area contributed by atoms with E-state index < -0.39 is 12.1 Å². The first-order valence-electron chi connectivity index (χ1n) is 5.17. The number of carbonyl (C=O) groups is 1. The largest absolute Gasteiger partial charge is 0.389 e. The van der Waals surface area contributed by atoms with Gasteiger partial charge < -0.3 is 20.9 Å². The lowest BCUT2D eigenvalue weighted by Gasteiger charge is -2.16. The summed E-state index contributed by atoms with van der Waals surface area (Å²) in [6.45, 7) is 4.40. The van der Waals surface area contributed by atoms with Crippen LogP contribution in [0.25, 0.3) is 0 Å². The van der Waals surface area contributed by atoms with Crippen molar-refractivity contribution in [3.05, 3.63) is 0 Å². The minimum absolute atomic E-state index is 0.179. The van der Waals surface area contributed by atoms with Gasteiger partial charge in [-0.1, -0.05) is 13.8 Å². The van der Waals surface area contributed by atoms with Crippen molar-refractivity contribution in [2.75, 3.05) is 20.3 Å². The molecule has 0 heterocycles. The number of amides is 1. The van der Waals surface area contributed by atoms with Gasteiger partial charge in [0.25, 0.3) is 0 Å². The number of carbonyl (C=O) groups excluding carboxylic acids is 1. The lowest BCUT2D eigenvalue weighted by atomic mass is 10.0. The molecule has 0 aromatic carbocycles. The van der Waals surface area contributed by atoms with E-state index in [1.807, 2.05) is 13.8 Å². The molecule has 0 fully saturated rings. The average Bonchev–Trinajstić information content (AvgIpc) is 2.13. The Hall–Kier alpha value is -0.650. The SMILES string of the molecule is COCC(O)CNC(=O)[C@H](N)CC(C)C. The molecular weight excluding hydrogens is 196 g/mol. The second-order valence-electron chi connectivity index (χ2n) is 4.09. The van der Waals surface area contributed by atoms with Crippen molar-refractivity contribution in [2.24, 2.45) is 11.7 Å². The number of ether oxygens (including phenoxy) is 1. The van der Waals surface area contributed by atoms with E-state index in [4.69, 9.17) is 10.5 Å². The molecule has 0 aromatic rings. The highest BCUT2D eigenvalue weighted by Gasteiger charge is 2.15. The molecule has 0 aromatic heterocycles. The summed E-state index contributed by atoms with van der Waals surface area (Å²) in [7, 11) is 1.50. The number of hydrogen-bond acceptors (Lipinski definition) is 4. The third-order valence-electron chi connectivity index (χ3n) is 1.93. The molecule has 0 radical (unpaired) electrons. The molecule has 4 N–H and O–H groups in total. The van der Waals surface area contributed by atoms with Gasteiger partial charge in [-0.05, 0) is 12.3 Å². The van der Waals surface area contributed by atoms with E-state index in [2.05, 4.69) is 5.32 Å². The van der Waals surface area contributed by atoms with Gasteiger partial charge >= 0.3 is 0 Å². The molecule has 0 aliphatic rings. The van der Waals surface area contributed by atoms with Crippen LogP contribution in [0.5, 0.6) is 0 Å². The zero-order valence-electron chi connectivity index (χ0n) is 9.69. The molecule has 90 valence electrons. The van der Waals surface area contributed by atoms with Gasteiger partial charge in [0.2, 0.25) is 5.91 Å². The van der Waals surface area contributed by atoms with Crippen LogP contribution in [0.3, 0.4) is 0 Å². The number of nitrogens with one attached hydrogen (secondary N) is 1. The number of rotatable bonds is 7. The van der Waals surface area contributed by atoms with E-state index in [9.17, 15) is 9.90 Å². The van der Waals surface area contributed by atoms with E-state index in [-0.39, 0.29) is 19.1 Å². The van der Waals surface area contributed by atoms with Crippen molar-refractivity contribution in [2.45, 2.75) is 32.4 Å². The molecule has 15 heavy (non-hydrogen) atoms. The molecule has 1 unspecified atom stereocenters. The number of aliphatic hydroxyl groups is 1. The standard InChI is InChI=1S/C10H22N2O3/c1-7(2)4-9(11)10(14)12-5-8(13)6-15-3/h7-9,13H,4-6,11H2,1-3H3,(H,12,14)/t8?,9-/m1/s1. The molecule has 0 saturated heterocycles. The van der Waals surface area contributed by atoms with Crippen LogP contribution in [-0.2, 0) is 9.53 Å². The minimum Gasteiger partial charge on any atom is -0.389 e. The van der Waals surface area contributed by atoms with Crippen molar-refractivity contribution in [1.29, 1.82) is 0 Å². The summed E-state index contributed by atoms with van der Waals surface area (Å²) in [5, 5.41) is 11.9. The minimum atomic E-state index is -0.676. The molecule has 1 amide bonds. The Kier molecular flexibility index (Phi) is 7.29. The monoisotopic (exact) mass is 218 g/mol. The lowest BCUT2D eigenvalue weighted by Crippen LogP contribution is -2.44. The Labute approximate surface area is 91.0 Å². The summed E-state index contributed by atoms with van der Waals surface area (Å²) in [6, 6.07) is -0.500. The van der Waals surface area contributed by atoms with E-state index in [0.29, 0.717) is 12.3 Å². The Morgan fingerprint density at radius 2 is 2.13 bits per heavy atom. The van der Waals surface area contributed by atoms with Gasteiger partial charge in [-0.25, -0.2) is 0 Å². The highest BCUT2D eigenvalue weighted by molar-refractivity contribution is 5.81. The van der Waals surface area contributed by atoms with Crippen LogP contribution in [0.4, 0.5) is 0 Å². The molecular formula is C10H22N2O3. The summed E-state index contributed by atoms with van der Waals surface area (Å²) >= 11 is 0. The maximum Gasteiger partial charge on any atom is 0.237 e. The molecule has 0 aliphatic heterocycles. The smallest absolute Gasteiger partial charge is 0.237 e. The van der Waals surface area contributed by atoms with Crippen molar-refractivity contribution in [3.63, 3.8) is 0 Å². The number of hydrogen-bond donors (Lipinski definition) is 3. The Bertz CT molecular complexity index is 186. The Balaban J connectivity index is 3.72. The topological polar surface area (TPSA) is 84.6 Å². The predicted octanol–water partition coefficient (Wildman–Crippen LogP) is -0.517. The highest BCUT2D eigenvalue weighted by atomic mass is 16.5. The molecule has 0 saturated carbocycles. The van der Waals surface area contributed by atoms with Crippen LogP contribution < -0.4 is 11.1 Å². The molecule has 0 aliphatic carbocycles. The number of nitrogens with two attached hydrogens (primary N) is 1. The van der Waals surface area contributed by atoms with Crippen LogP contribution in [0.15, 0.2) is 0 Å². The zero-order chi connectivity index (χ0) is 11.8. The first-order valence-corrected chi connectivity index (χ1v) is 5.17. The van der Waals surface area contributed by atoms with Gasteiger partial charge in [0.05, 0.1) is 18.8 Å². The fourth-order valence-corrected chi connectivity index (χ4v) is 1.22. The first-order chi connectivity index (χ1) is 6.97. The van der Waals surface area contributed by atoms with Crippen LogP contribution in [0.2, 0.25) is 0 Å².